The molecule has 3 aromatic rings. The van der Waals surface area contributed by atoms with Gasteiger partial charge in [-0.05, 0) is 36.4 Å². The van der Waals surface area contributed by atoms with E-state index in [-0.39, 0.29) is 0 Å². The summed E-state index contributed by atoms with van der Waals surface area (Å²) in [6.45, 7) is 4.00. The van der Waals surface area contributed by atoms with E-state index in [0.29, 0.717) is 0 Å². The molecule has 1 heterocycles. The van der Waals surface area contributed by atoms with Gasteiger partial charge in [-0.2, -0.15) is 0 Å². The highest BCUT2D eigenvalue weighted by molar-refractivity contribution is 7.22. The molecule has 0 aliphatic carbocycles. The predicted octanol–water partition coefficient (Wildman–Crippen LogP) is 5.13. The number of benzene rings is 2. The molecule has 0 bridgehead atoms. The minimum atomic E-state index is 0.929. The maximum Gasteiger partial charge on any atom is 0.188 e. The molecule has 1 aromatic heterocycles. The number of nitrogens with one attached hydrogen (secondary N) is 1. The van der Waals surface area contributed by atoms with Gasteiger partial charge in [0, 0.05) is 25.5 Å². The Balaban J connectivity index is 0.000000774. The average Bonchev–Trinajstić information content (AvgIpc) is 2.92. The van der Waals surface area contributed by atoms with Crippen molar-refractivity contribution in [2.45, 2.75) is 13.8 Å². The van der Waals surface area contributed by atoms with E-state index in [1.54, 1.807) is 11.3 Å². The van der Waals surface area contributed by atoms with Gasteiger partial charge in [0.1, 0.15) is 0 Å². The first kappa shape index (κ1) is 15.3. The second kappa shape index (κ2) is 7.09. The van der Waals surface area contributed by atoms with Gasteiger partial charge in [0.05, 0.1) is 10.2 Å². The van der Waals surface area contributed by atoms with Gasteiger partial charge >= 0.3 is 0 Å². The molecule has 3 rings (SSSR count). The van der Waals surface area contributed by atoms with Crippen molar-refractivity contribution < 1.29 is 0 Å². The highest BCUT2D eigenvalue weighted by Crippen LogP contribution is 2.28. The summed E-state index contributed by atoms with van der Waals surface area (Å²) < 4.78 is 1.20. The molecule has 21 heavy (non-hydrogen) atoms. The lowest BCUT2D eigenvalue weighted by atomic mass is 10.2. The molecule has 2 aromatic carbocycles. The number of aromatic nitrogens is 1. The molecule has 0 saturated heterocycles. The lowest BCUT2D eigenvalue weighted by Crippen LogP contribution is -2.08. The van der Waals surface area contributed by atoms with E-state index >= 15 is 0 Å². The van der Waals surface area contributed by atoms with E-state index in [1.165, 1.54) is 10.4 Å². The molecule has 0 aliphatic rings. The van der Waals surface area contributed by atoms with Crippen molar-refractivity contribution in [2.75, 3.05) is 24.3 Å². The SMILES string of the molecule is CC.CN(C)c1ccc(Nc2nc3ccccc3s2)cc1. The fourth-order valence-electron chi connectivity index (χ4n) is 1.89. The van der Waals surface area contributed by atoms with Crippen LogP contribution in [0.25, 0.3) is 10.2 Å². The van der Waals surface area contributed by atoms with E-state index < -0.39 is 0 Å². The number of hydrogen-bond donors (Lipinski definition) is 1. The van der Waals surface area contributed by atoms with E-state index in [1.807, 2.05) is 46.1 Å². The summed E-state index contributed by atoms with van der Waals surface area (Å²) in [5, 5.41) is 4.28. The van der Waals surface area contributed by atoms with Gasteiger partial charge in [-0.25, -0.2) is 4.98 Å². The zero-order chi connectivity index (χ0) is 15.2. The molecular weight excluding hydrogens is 278 g/mol. The van der Waals surface area contributed by atoms with E-state index in [0.717, 1.165) is 16.3 Å². The number of rotatable bonds is 3. The highest BCUT2D eigenvalue weighted by Gasteiger charge is 2.03. The second-order valence-corrected chi connectivity index (χ2v) is 5.58. The minimum Gasteiger partial charge on any atom is -0.378 e. The van der Waals surface area contributed by atoms with Crippen LogP contribution in [0.15, 0.2) is 48.5 Å². The summed E-state index contributed by atoms with van der Waals surface area (Å²) in [7, 11) is 4.08. The number of anilines is 3. The fraction of sp³-hybridized carbons (Fsp3) is 0.235. The largest absolute Gasteiger partial charge is 0.378 e. The van der Waals surface area contributed by atoms with Gasteiger partial charge in [0.2, 0.25) is 0 Å². The Morgan fingerprint density at radius 2 is 1.62 bits per heavy atom. The smallest absolute Gasteiger partial charge is 0.188 e. The second-order valence-electron chi connectivity index (χ2n) is 4.55. The van der Waals surface area contributed by atoms with Crippen molar-refractivity contribution in [2.24, 2.45) is 0 Å². The molecule has 0 unspecified atom stereocenters. The first-order valence-corrected chi connectivity index (χ1v) is 7.94. The van der Waals surface area contributed by atoms with Crippen LogP contribution in [-0.2, 0) is 0 Å². The van der Waals surface area contributed by atoms with Gasteiger partial charge in [-0.3, -0.25) is 0 Å². The maximum absolute atomic E-state index is 4.56. The summed E-state index contributed by atoms with van der Waals surface area (Å²) in [6, 6.07) is 16.5. The number of hydrogen-bond acceptors (Lipinski definition) is 4. The Labute approximate surface area is 130 Å². The zero-order valence-corrected chi connectivity index (χ0v) is 13.7. The Morgan fingerprint density at radius 1 is 0.952 bits per heavy atom. The van der Waals surface area contributed by atoms with Crippen LogP contribution in [0.1, 0.15) is 13.8 Å². The molecule has 0 spiro atoms. The lowest BCUT2D eigenvalue weighted by molar-refractivity contribution is 1.13. The highest BCUT2D eigenvalue weighted by atomic mass is 32.1. The summed E-state index contributed by atoms with van der Waals surface area (Å²) in [5.74, 6) is 0. The lowest BCUT2D eigenvalue weighted by Gasteiger charge is -2.12. The van der Waals surface area contributed by atoms with Crippen LogP contribution in [0.2, 0.25) is 0 Å². The van der Waals surface area contributed by atoms with Crippen LogP contribution >= 0.6 is 11.3 Å². The van der Waals surface area contributed by atoms with Gasteiger partial charge in [-0.15, -0.1) is 0 Å². The third kappa shape index (κ3) is 3.73. The predicted molar refractivity (Wildman–Crippen MR) is 95.0 cm³/mol. The van der Waals surface area contributed by atoms with E-state index in [9.17, 15) is 0 Å². The topological polar surface area (TPSA) is 28.2 Å². The van der Waals surface area contributed by atoms with Crippen LogP contribution in [0.3, 0.4) is 0 Å². The quantitative estimate of drug-likeness (QED) is 0.726. The van der Waals surface area contributed by atoms with Crippen molar-refractivity contribution in [3.05, 3.63) is 48.5 Å². The Hall–Kier alpha value is -2.07. The number of fused-ring (bicyclic) bond motifs is 1. The summed E-state index contributed by atoms with van der Waals surface area (Å²) >= 11 is 1.67. The third-order valence-electron chi connectivity index (χ3n) is 2.93. The number of para-hydroxylation sites is 1. The average molecular weight is 299 g/mol. The number of thiazole rings is 1. The molecule has 110 valence electrons. The van der Waals surface area contributed by atoms with Crippen molar-refractivity contribution in [1.82, 2.24) is 4.98 Å². The van der Waals surface area contributed by atoms with Crippen molar-refractivity contribution >= 4 is 38.1 Å². The summed E-state index contributed by atoms with van der Waals surface area (Å²) in [6.07, 6.45) is 0. The molecule has 0 radical (unpaired) electrons. The van der Waals surface area contributed by atoms with Crippen LogP contribution in [-0.4, -0.2) is 19.1 Å². The van der Waals surface area contributed by atoms with Crippen LogP contribution in [0.4, 0.5) is 16.5 Å². The third-order valence-corrected chi connectivity index (χ3v) is 3.88. The van der Waals surface area contributed by atoms with Crippen LogP contribution < -0.4 is 10.2 Å². The Kier molecular flexibility index (Phi) is 5.17. The molecule has 4 heteroatoms. The number of nitrogens with zero attached hydrogens (tertiary/aromatic N) is 2. The van der Waals surface area contributed by atoms with Crippen LogP contribution in [0, 0.1) is 0 Å². The van der Waals surface area contributed by atoms with Gasteiger partial charge < -0.3 is 10.2 Å². The minimum absolute atomic E-state index is 0.929. The van der Waals surface area contributed by atoms with E-state index in [2.05, 4.69) is 45.5 Å². The normalized spacial score (nSPS) is 9.90. The van der Waals surface area contributed by atoms with Crippen LogP contribution in [0.5, 0.6) is 0 Å². The Morgan fingerprint density at radius 3 is 2.24 bits per heavy atom. The first-order chi connectivity index (χ1) is 10.2. The fourth-order valence-corrected chi connectivity index (χ4v) is 2.78. The summed E-state index contributed by atoms with van der Waals surface area (Å²) in [4.78, 5) is 6.65. The summed E-state index contributed by atoms with van der Waals surface area (Å²) in [5.41, 5.74) is 3.29. The Bertz CT molecular complexity index is 654. The van der Waals surface area contributed by atoms with Gasteiger partial charge in [0.15, 0.2) is 5.13 Å². The first-order valence-electron chi connectivity index (χ1n) is 7.12. The molecule has 1 N–H and O–H groups in total. The molecule has 0 saturated carbocycles. The molecule has 0 atom stereocenters. The van der Waals surface area contributed by atoms with Gasteiger partial charge in [0.25, 0.3) is 0 Å². The van der Waals surface area contributed by atoms with Crippen molar-refractivity contribution in [3.8, 4) is 0 Å². The molecule has 0 fully saturated rings. The monoisotopic (exact) mass is 299 g/mol. The molecular formula is C17H21N3S. The molecule has 0 amide bonds. The maximum atomic E-state index is 4.56. The molecule has 3 nitrogen and oxygen atoms in total. The van der Waals surface area contributed by atoms with Crippen molar-refractivity contribution in [1.29, 1.82) is 0 Å². The zero-order valence-electron chi connectivity index (χ0n) is 12.9. The van der Waals surface area contributed by atoms with E-state index in [4.69, 9.17) is 0 Å². The van der Waals surface area contributed by atoms with Gasteiger partial charge in [-0.1, -0.05) is 37.3 Å². The standard InChI is InChI=1S/C15H15N3S.C2H6/c1-18(2)12-9-7-11(8-10-12)16-15-17-13-5-3-4-6-14(13)19-15;1-2/h3-10H,1-2H3,(H,16,17);1-2H3. The molecule has 0 aliphatic heterocycles. The van der Waals surface area contributed by atoms with Crippen molar-refractivity contribution in [3.63, 3.8) is 0 Å².